The molecule has 0 amide bonds. The molecule has 0 aliphatic heterocycles. The van der Waals surface area contributed by atoms with Crippen molar-refractivity contribution < 1.29 is 23.4 Å². The molecule has 2 rings (SSSR count). The van der Waals surface area contributed by atoms with Crippen molar-refractivity contribution in [2.45, 2.75) is 5.03 Å². The molecular formula is C14H12N2O6S. The Labute approximate surface area is 135 Å². The van der Waals surface area contributed by atoms with Crippen LogP contribution in [-0.2, 0) is 4.74 Å². The lowest BCUT2D eigenvalue weighted by Gasteiger charge is -2.08. The van der Waals surface area contributed by atoms with Crippen LogP contribution >= 0.6 is 12.0 Å². The summed E-state index contributed by atoms with van der Waals surface area (Å²) in [6.45, 7) is 0. The third-order valence-electron chi connectivity index (χ3n) is 2.73. The van der Waals surface area contributed by atoms with E-state index in [0.717, 1.165) is 6.07 Å². The third-order valence-corrected chi connectivity index (χ3v) is 3.46. The highest BCUT2D eigenvalue weighted by Crippen LogP contribution is 2.34. The normalized spacial score (nSPS) is 10.0. The Bertz CT molecular complexity index is 737. The number of carbonyl (C=O) groups is 1. The second-order valence-corrected chi connectivity index (χ2v) is 4.83. The first-order valence-electron chi connectivity index (χ1n) is 6.27. The van der Waals surface area contributed by atoms with E-state index in [1.165, 1.54) is 20.4 Å². The first-order valence-corrected chi connectivity index (χ1v) is 7.01. The number of rotatable bonds is 6. The minimum absolute atomic E-state index is 0.00793. The van der Waals surface area contributed by atoms with Crippen molar-refractivity contribution in [3.8, 4) is 11.5 Å². The van der Waals surface area contributed by atoms with Gasteiger partial charge in [-0.25, -0.2) is 9.78 Å². The fraction of sp³-hybridized carbons (Fsp3) is 0.143. The molecule has 0 spiro atoms. The molecule has 0 aliphatic carbocycles. The van der Waals surface area contributed by atoms with Crippen molar-refractivity contribution in [3.05, 3.63) is 52.2 Å². The maximum absolute atomic E-state index is 11.4. The Balaban J connectivity index is 2.25. The highest BCUT2D eigenvalue weighted by molar-refractivity contribution is 7.95. The van der Waals surface area contributed by atoms with Crippen LogP contribution in [-0.4, -0.2) is 30.1 Å². The van der Waals surface area contributed by atoms with Gasteiger partial charge in [-0.05, 0) is 12.1 Å². The summed E-state index contributed by atoms with van der Waals surface area (Å²) in [5, 5.41) is 11.1. The molecule has 0 N–H and O–H groups in total. The molecule has 0 saturated carbocycles. The molecule has 0 saturated heterocycles. The van der Waals surface area contributed by atoms with E-state index in [2.05, 4.69) is 9.72 Å². The number of carbonyl (C=O) groups excluding carboxylic acids is 1. The number of hydrogen-bond donors (Lipinski definition) is 0. The molecule has 0 bridgehead atoms. The van der Waals surface area contributed by atoms with Crippen molar-refractivity contribution in [3.63, 3.8) is 0 Å². The van der Waals surface area contributed by atoms with Crippen LogP contribution in [0, 0.1) is 10.1 Å². The zero-order valence-corrected chi connectivity index (χ0v) is 13.0. The minimum atomic E-state index is -0.706. The molecule has 0 unspecified atom stereocenters. The molecule has 120 valence electrons. The van der Waals surface area contributed by atoms with Gasteiger partial charge in [0.25, 0.3) is 0 Å². The molecule has 1 aromatic heterocycles. The lowest BCUT2D eigenvalue weighted by molar-refractivity contribution is -0.388. The van der Waals surface area contributed by atoms with Crippen LogP contribution in [0.4, 0.5) is 5.69 Å². The standard InChI is InChI=1S/C14H12N2O6S/c1-20-11-5-3-4-6-12(11)22-23-13-10(16(18)19)7-9(8-15-13)14(17)21-2/h3-8H,1-2H3. The molecule has 0 radical (unpaired) electrons. The fourth-order valence-corrected chi connectivity index (χ4v) is 2.26. The van der Waals surface area contributed by atoms with Crippen LogP contribution in [0.5, 0.6) is 11.5 Å². The lowest BCUT2D eigenvalue weighted by Crippen LogP contribution is -2.04. The van der Waals surface area contributed by atoms with E-state index < -0.39 is 10.9 Å². The quantitative estimate of drug-likeness (QED) is 0.343. The molecule has 9 heteroatoms. The number of benzene rings is 1. The molecule has 23 heavy (non-hydrogen) atoms. The number of methoxy groups -OCH3 is 2. The van der Waals surface area contributed by atoms with Gasteiger partial charge in [0.1, 0.15) is 12.0 Å². The van der Waals surface area contributed by atoms with Crippen LogP contribution in [0.3, 0.4) is 0 Å². The zero-order valence-electron chi connectivity index (χ0n) is 12.2. The van der Waals surface area contributed by atoms with Crippen LogP contribution in [0.1, 0.15) is 10.4 Å². The molecule has 0 aliphatic rings. The number of pyridine rings is 1. The SMILES string of the molecule is COC(=O)c1cnc(SOc2ccccc2OC)c([N+](=O)[O-])c1. The largest absolute Gasteiger partial charge is 0.493 e. The van der Waals surface area contributed by atoms with Gasteiger partial charge < -0.3 is 13.7 Å². The van der Waals surface area contributed by atoms with Gasteiger partial charge in [0.15, 0.2) is 11.5 Å². The topological polar surface area (TPSA) is 101 Å². The highest BCUT2D eigenvalue weighted by Gasteiger charge is 2.21. The first kappa shape index (κ1) is 16.6. The number of aromatic nitrogens is 1. The summed E-state index contributed by atoms with van der Waals surface area (Å²) in [6, 6.07) is 7.94. The average molecular weight is 336 g/mol. The Morgan fingerprint density at radius 3 is 2.57 bits per heavy atom. The van der Waals surface area contributed by atoms with Gasteiger partial charge >= 0.3 is 11.7 Å². The van der Waals surface area contributed by atoms with E-state index in [1.54, 1.807) is 24.3 Å². The second kappa shape index (κ2) is 7.45. The maximum atomic E-state index is 11.4. The van der Waals surface area contributed by atoms with Crippen molar-refractivity contribution in [2.24, 2.45) is 0 Å². The number of esters is 1. The van der Waals surface area contributed by atoms with E-state index in [-0.39, 0.29) is 16.3 Å². The first-order chi connectivity index (χ1) is 11.1. The fourth-order valence-electron chi connectivity index (χ4n) is 1.64. The van der Waals surface area contributed by atoms with Gasteiger partial charge in [-0.2, -0.15) is 0 Å². The van der Waals surface area contributed by atoms with Gasteiger partial charge in [-0.15, -0.1) is 0 Å². The van der Waals surface area contributed by atoms with E-state index in [0.29, 0.717) is 23.5 Å². The summed E-state index contributed by atoms with van der Waals surface area (Å²) in [5.74, 6) is 0.171. The van der Waals surface area contributed by atoms with Crippen LogP contribution < -0.4 is 8.92 Å². The smallest absolute Gasteiger partial charge is 0.339 e. The number of nitrogens with zero attached hydrogens (tertiary/aromatic N) is 2. The monoisotopic (exact) mass is 336 g/mol. The van der Waals surface area contributed by atoms with Crippen LogP contribution in [0.2, 0.25) is 0 Å². The van der Waals surface area contributed by atoms with Crippen LogP contribution in [0.15, 0.2) is 41.6 Å². The summed E-state index contributed by atoms with van der Waals surface area (Å²) >= 11 is 0.701. The molecule has 8 nitrogen and oxygen atoms in total. The van der Waals surface area contributed by atoms with E-state index in [4.69, 9.17) is 8.92 Å². The Morgan fingerprint density at radius 2 is 1.96 bits per heavy atom. The molecular weight excluding hydrogens is 324 g/mol. The summed E-state index contributed by atoms with van der Waals surface area (Å²) in [6.07, 6.45) is 1.19. The number of para-hydroxylation sites is 2. The predicted octanol–water partition coefficient (Wildman–Crippen LogP) is 2.87. The van der Waals surface area contributed by atoms with Gasteiger partial charge in [0.05, 0.1) is 24.7 Å². The predicted molar refractivity (Wildman–Crippen MR) is 81.7 cm³/mol. The van der Waals surface area contributed by atoms with Gasteiger partial charge in [0.2, 0.25) is 5.03 Å². The summed E-state index contributed by atoms with van der Waals surface area (Å²) in [5.41, 5.74) is -0.367. The molecule has 0 atom stereocenters. The van der Waals surface area contributed by atoms with Crippen molar-refractivity contribution in [1.82, 2.24) is 4.98 Å². The van der Waals surface area contributed by atoms with E-state index >= 15 is 0 Å². The Morgan fingerprint density at radius 1 is 1.26 bits per heavy atom. The highest BCUT2D eigenvalue weighted by atomic mass is 32.2. The second-order valence-electron chi connectivity index (χ2n) is 4.11. The van der Waals surface area contributed by atoms with E-state index in [1.807, 2.05) is 0 Å². The maximum Gasteiger partial charge on any atom is 0.339 e. The number of nitro groups is 1. The molecule has 2 aromatic rings. The number of ether oxygens (including phenoxy) is 2. The minimum Gasteiger partial charge on any atom is -0.493 e. The average Bonchev–Trinajstić information content (AvgIpc) is 2.59. The van der Waals surface area contributed by atoms with Crippen LogP contribution in [0.25, 0.3) is 0 Å². The zero-order chi connectivity index (χ0) is 16.8. The lowest BCUT2D eigenvalue weighted by atomic mass is 10.3. The molecule has 0 fully saturated rings. The molecule has 1 heterocycles. The Hall–Kier alpha value is -2.81. The third kappa shape index (κ3) is 3.89. The number of hydrogen-bond acceptors (Lipinski definition) is 8. The van der Waals surface area contributed by atoms with Gasteiger partial charge in [0, 0.05) is 12.3 Å². The summed E-state index contributed by atoms with van der Waals surface area (Å²) in [4.78, 5) is 25.8. The summed E-state index contributed by atoms with van der Waals surface area (Å²) in [7, 11) is 2.67. The molecule has 1 aromatic carbocycles. The Kier molecular flexibility index (Phi) is 5.36. The van der Waals surface area contributed by atoms with Crippen molar-refractivity contribution in [2.75, 3.05) is 14.2 Å². The summed E-state index contributed by atoms with van der Waals surface area (Å²) < 4.78 is 15.1. The van der Waals surface area contributed by atoms with Gasteiger partial charge in [-0.3, -0.25) is 10.1 Å². The van der Waals surface area contributed by atoms with Crippen molar-refractivity contribution in [1.29, 1.82) is 0 Å². The van der Waals surface area contributed by atoms with Gasteiger partial charge in [-0.1, -0.05) is 12.1 Å². The van der Waals surface area contributed by atoms with Crippen molar-refractivity contribution >= 4 is 23.7 Å². The van der Waals surface area contributed by atoms with E-state index in [9.17, 15) is 14.9 Å².